The van der Waals surface area contributed by atoms with Gasteiger partial charge in [0.15, 0.2) is 6.61 Å². The molecule has 7 heteroatoms. The highest BCUT2D eigenvalue weighted by Gasteiger charge is 2.07. The van der Waals surface area contributed by atoms with Crippen molar-refractivity contribution in [3.8, 4) is 11.5 Å². The first-order chi connectivity index (χ1) is 14.1. The molecule has 0 aliphatic rings. The maximum atomic E-state index is 12.0. The third-order valence-electron chi connectivity index (χ3n) is 3.69. The first-order valence-electron chi connectivity index (χ1n) is 8.68. The standard InChI is InChI=1S/C22H17BrN2O4/c23-18-8-12-19(13-9-18)28-15-21(26)25-24-14-16-6-10-20(11-7-16)29-22(27)17-4-2-1-3-5-17/h1-14H,15H2,(H,25,26). The number of nitrogens with one attached hydrogen (secondary N) is 1. The highest BCUT2D eigenvalue weighted by Crippen LogP contribution is 2.16. The van der Waals surface area contributed by atoms with Crippen molar-refractivity contribution in [3.63, 3.8) is 0 Å². The van der Waals surface area contributed by atoms with Crippen LogP contribution in [-0.4, -0.2) is 24.7 Å². The van der Waals surface area contributed by atoms with Crippen LogP contribution in [0, 0.1) is 0 Å². The number of hydrazone groups is 1. The molecule has 0 fully saturated rings. The summed E-state index contributed by atoms with van der Waals surface area (Å²) in [6.45, 7) is -0.145. The Bertz CT molecular complexity index is 988. The van der Waals surface area contributed by atoms with Crippen molar-refractivity contribution < 1.29 is 19.1 Å². The predicted octanol–water partition coefficient (Wildman–Crippen LogP) is 4.20. The first-order valence-corrected chi connectivity index (χ1v) is 9.47. The number of hydrogen-bond donors (Lipinski definition) is 1. The maximum absolute atomic E-state index is 12.0. The zero-order chi connectivity index (χ0) is 20.5. The van der Waals surface area contributed by atoms with Crippen molar-refractivity contribution in [1.29, 1.82) is 0 Å². The van der Waals surface area contributed by atoms with E-state index < -0.39 is 5.97 Å². The third kappa shape index (κ3) is 6.58. The minimum absolute atomic E-state index is 0.145. The third-order valence-corrected chi connectivity index (χ3v) is 4.22. The number of esters is 1. The zero-order valence-corrected chi connectivity index (χ0v) is 16.8. The van der Waals surface area contributed by atoms with Crippen LogP contribution in [0.4, 0.5) is 0 Å². The van der Waals surface area contributed by atoms with Crippen LogP contribution in [0.2, 0.25) is 0 Å². The molecule has 0 spiro atoms. The van der Waals surface area contributed by atoms with Crippen LogP contribution in [0.5, 0.6) is 11.5 Å². The van der Waals surface area contributed by atoms with Crippen molar-refractivity contribution in [2.24, 2.45) is 5.10 Å². The number of hydrogen-bond acceptors (Lipinski definition) is 5. The summed E-state index contributed by atoms with van der Waals surface area (Å²) in [7, 11) is 0. The fraction of sp³-hybridized carbons (Fsp3) is 0.0455. The lowest BCUT2D eigenvalue weighted by molar-refractivity contribution is -0.123. The largest absolute Gasteiger partial charge is 0.484 e. The molecule has 0 bridgehead atoms. The number of amides is 1. The van der Waals surface area contributed by atoms with Crippen LogP contribution < -0.4 is 14.9 Å². The van der Waals surface area contributed by atoms with Gasteiger partial charge < -0.3 is 9.47 Å². The van der Waals surface area contributed by atoms with Crippen LogP contribution in [-0.2, 0) is 4.79 Å². The minimum Gasteiger partial charge on any atom is -0.484 e. The molecule has 0 aliphatic carbocycles. The second-order valence-electron chi connectivity index (χ2n) is 5.86. The number of rotatable bonds is 7. The Kier molecular flexibility index (Phi) is 7.13. The molecule has 0 saturated heterocycles. The van der Waals surface area contributed by atoms with Crippen molar-refractivity contribution in [1.82, 2.24) is 5.43 Å². The monoisotopic (exact) mass is 452 g/mol. The molecule has 6 nitrogen and oxygen atoms in total. The Morgan fingerprint density at radius 3 is 2.24 bits per heavy atom. The Hall–Kier alpha value is -3.45. The van der Waals surface area contributed by atoms with Gasteiger partial charge in [0.1, 0.15) is 11.5 Å². The molecule has 3 aromatic rings. The fourth-order valence-electron chi connectivity index (χ4n) is 2.25. The van der Waals surface area contributed by atoms with Crippen molar-refractivity contribution in [2.75, 3.05) is 6.61 Å². The molecule has 0 atom stereocenters. The molecule has 1 N–H and O–H groups in total. The molecule has 0 unspecified atom stereocenters. The molecule has 0 aromatic heterocycles. The molecule has 0 heterocycles. The Labute approximate surface area is 176 Å². The Morgan fingerprint density at radius 1 is 0.897 bits per heavy atom. The Morgan fingerprint density at radius 2 is 1.55 bits per heavy atom. The van der Waals surface area contributed by atoms with Gasteiger partial charge >= 0.3 is 5.97 Å². The van der Waals surface area contributed by atoms with E-state index in [2.05, 4.69) is 26.5 Å². The first kappa shape index (κ1) is 20.3. The lowest BCUT2D eigenvalue weighted by Gasteiger charge is -2.05. The lowest BCUT2D eigenvalue weighted by atomic mass is 10.2. The van der Waals surface area contributed by atoms with Gasteiger partial charge in [0.05, 0.1) is 11.8 Å². The van der Waals surface area contributed by atoms with E-state index in [1.165, 1.54) is 6.21 Å². The molecule has 0 radical (unpaired) electrons. The topological polar surface area (TPSA) is 77.0 Å². The number of benzene rings is 3. The van der Waals surface area contributed by atoms with Crippen molar-refractivity contribution in [2.45, 2.75) is 0 Å². The van der Waals surface area contributed by atoms with E-state index >= 15 is 0 Å². The average molecular weight is 453 g/mol. The smallest absolute Gasteiger partial charge is 0.343 e. The average Bonchev–Trinajstić information content (AvgIpc) is 2.75. The quantitative estimate of drug-likeness (QED) is 0.252. The predicted molar refractivity (Wildman–Crippen MR) is 113 cm³/mol. The van der Waals surface area contributed by atoms with Crippen LogP contribution in [0.3, 0.4) is 0 Å². The summed E-state index contributed by atoms with van der Waals surface area (Å²) in [5.41, 5.74) is 3.60. The van der Waals surface area contributed by atoms with Gasteiger partial charge in [-0.15, -0.1) is 0 Å². The summed E-state index contributed by atoms with van der Waals surface area (Å²) in [6, 6.07) is 22.7. The second kappa shape index (κ2) is 10.2. The van der Waals surface area contributed by atoms with Crippen LogP contribution in [0.15, 0.2) is 88.4 Å². The lowest BCUT2D eigenvalue weighted by Crippen LogP contribution is -2.24. The summed E-state index contributed by atoms with van der Waals surface area (Å²) in [4.78, 5) is 23.8. The van der Waals surface area contributed by atoms with E-state index in [1.807, 2.05) is 18.2 Å². The molecule has 1 amide bonds. The molecule has 29 heavy (non-hydrogen) atoms. The van der Waals surface area contributed by atoms with E-state index in [0.29, 0.717) is 17.1 Å². The van der Waals surface area contributed by atoms with Crippen molar-refractivity contribution >= 4 is 34.0 Å². The summed E-state index contributed by atoms with van der Waals surface area (Å²) in [5, 5.41) is 3.89. The number of carbonyl (C=O) groups excluding carboxylic acids is 2. The van der Waals surface area contributed by atoms with Gasteiger partial charge in [-0.25, -0.2) is 10.2 Å². The molecule has 146 valence electrons. The summed E-state index contributed by atoms with van der Waals surface area (Å²) in [6.07, 6.45) is 1.49. The zero-order valence-electron chi connectivity index (χ0n) is 15.2. The summed E-state index contributed by atoms with van der Waals surface area (Å²) in [5.74, 6) is 0.207. The normalized spacial score (nSPS) is 10.5. The molecule has 0 aliphatic heterocycles. The Balaban J connectivity index is 1.45. The van der Waals surface area contributed by atoms with Gasteiger partial charge in [-0.2, -0.15) is 5.10 Å². The maximum Gasteiger partial charge on any atom is 0.343 e. The SMILES string of the molecule is O=C(COc1ccc(Br)cc1)NN=Cc1ccc(OC(=O)c2ccccc2)cc1. The van der Waals surface area contributed by atoms with E-state index in [1.54, 1.807) is 60.7 Å². The van der Waals surface area contributed by atoms with Crippen LogP contribution in [0.1, 0.15) is 15.9 Å². The summed E-state index contributed by atoms with van der Waals surface area (Å²) >= 11 is 3.33. The number of nitrogens with zero attached hydrogens (tertiary/aromatic N) is 1. The molecule has 0 saturated carbocycles. The highest BCUT2D eigenvalue weighted by atomic mass is 79.9. The highest BCUT2D eigenvalue weighted by molar-refractivity contribution is 9.10. The van der Waals surface area contributed by atoms with Crippen molar-refractivity contribution in [3.05, 3.63) is 94.5 Å². The molecular formula is C22H17BrN2O4. The van der Waals surface area contributed by atoms with Gasteiger partial charge in [-0.05, 0) is 66.2 Å². The van der Waals surface area contributed by atoms with Gasteiger partial charge in [-0.1, -0.05) is 34.1 Å². The summed E-state index contributed by atoms with van der Waals surface area (Å²) < 4.78 is 11.6. The van der Waals surface area contributed by atoms with Gasteiger partial charge in [0.25, 0.3) is 5.91 Å². The van der Waals surface area contributed by atoms with E-state index in [-0.39, 0.29) is 12.5 Å². The molecule has 3 rings (SSSR count). The second-order valence-corrected chi connectivity index (χ2v) is 6.78. The van der Waals surface area contributed by atoms with E-state index in [0.717, 1.165) is 10.0 Å². The van der Waals surface area contributed by atoms with E-state index in [9.17, 15) is 9.59 Å². The van der Waals surface area contributed by atoms with Crippen LogP contribution in [0.25, 0.3) is 0 Å². The van der Waals surface area contributed by atoms with Crippen LogP contribution >= 0.6 is 15.9 Å². The number of halogens is 1. The molecular weight excluding hydrogens is 436 g/mol. The van der Waals surface area contributed by atoms with E-state index in [4.69, 9.17) is 9.47 Å². The number of carbonyl (C=O) groups is 2. The fourth-order valence-corrected chi connectivity index (χ4v) is 2.52. The molecule has 3 aromatic carbocycles. The minimum atomic E-state index is -0.426. The van der Waals surface area contributed by atoms with Gasteiger partial charge in [-0.3, -0.25) is 4.79 Å². The van der Waals surface area contributed by atoms with Gasteiger partial charge in [0, 0.05) is 4.47 Å². The number of ether oxygens (including phenoxy) is 2. The van der Waals surface area contributed by atoms with Gasteiger partial charge in [0.2, 0.25) is 0 Å².